The maximum absolute atomic E-state index is 15.9. The van der Waals surface area contributed by atoms with E-state index in [1.165, 1.54) is 36.4 Å². The average molecular weight is 965 g/mol. The van der Waals surface area contributed by atoms with Crippen LogP contribution in [-0.2, 0) is 0 Å². The predicted molar refractivity (Wildman–Crippen MR) is 286 cm³/mol. The summed E-state index contributed by atoms with van der Waals surface area (Å²) in [6.45, 7) is 0. The number of halogens is 4. The molecule has 4 aromatic heterocycles. The van der Waals surface area contributed by atoms with Crippen LogP contribution in [0.25, 0.3) is 117 Å². The smallest absolute Gasteiger partial charge is 0.240 e. The minimum absolute atomic E-state index is 0.0132. The van der Waals surface area contributed by atoms with E-state index >= 15 is 17.6 Å². The van der Waals surface area contributed by atoms with Gasteiger partial charge >= 0.3 is 0 Å². The fourth-order valence-electron chi connectivity index (χ4n) is 11.9. The third kappa shape index (κ3) is 5.96. The summed E-state index contributed by atoms with van der Waals surface area (Å²) in [5.41, 5.74) is 10.7. The Morgan fingerprint density at radius 1 is 0.324 bits per heavy atom. The van der Waals surface area contributed by atoms with E-state index in [1.54, 1.807) is 4.57 Å². The lowest BCUT2D eigenvalue weighted by Crippen LogP contribution is -2.10. The van der Waals surface area contributed by atoms with Gasteiger partial charge in [0.15, 0.2) is 5.82 Å². The third-order valence-electron chi connectivity index (χ3n) is 14.9. The number of fused-ring (bicyclic) bond motifs is 14. The highest BCUT2D eigenvalue weighted by molar-refractivity contribution is 6.29. The van der Waals surface area contributed by atoms with Crippen LogP contribution in [0.3, 0.4) is 0 Å². The standard InChI is InChI=1S/C64H36F4N6/c65-45-21-12-22-46(66)60(45)56-40-17-5-4-16-39(40)55-44(56)32-33-53-57(55)42-19-7-10-26-50(42)73(53)63-69-62(38-30-28-37(29-31-38)36-14-2-1-3-15-36)70-64(71-63)74-51-27-11-8-20-43(51)59-54(74)35-34-52-58(59)41-18-6-9-25-49(41)72(52)61-47(67)23-13-24-48(61)68/h1-35,56H. The molecular formula is C64H36F4N6. The molecule has 74 heavy (non-hydrogen) atoms. The molecule has 0 spiro atoms. The molecule has 0 saturated carbocycles. The number of benzene rings is 10. The molecule has 0 aliphatic heterocycles. The predicted octanol–water partition coefficient (Wildman–Crippen LogP) is 16.2. The van der Waals surface area contributed by atoms with Crippen LogP contribution in [0.1, 0.15) is 22.6 Å². The van der Waals surface area contributed by atoms with Crippen molar-refractivity contribution in [2.45, 2.75) is 5.92 Å². The van der Waals surface area contributed by atoms with Gasteiger partial charge in [-0.15, -0.1) is 0 Å². The van der Waals surface area contributed by atoms with Crippen LogP contribution in [0.5, 0.6) is 0 Å². The molecule has 10 aromatic carbocycles. The fourth-order valence-corrected chi connectivity index (χ4v) is 11.9. The lowest BCUT2D eigenvalue weighted by molar-refractivity contribution is 0.553. The molecule has 1 atom stereocenters. The summed E-state index contributed by atoms with van der Waals surface area (Å²) in [4.78, 5) is 16.1. The Labute approximate surface area is 419 Å². The molecule has 6 nitrogen and oxygen atoms in total. The van der Waals surface area contributed by atoms with E-state index in [0.29, 0.717) is 28.8 Å². The van der Waals surface area contributed by atoms with E-state index in [4.69, 9.17) is 15.0 Å². The first kappa shape index (κ1) is 42.1. The van der Waals surface area contributed by atoms with E-state index in [0.717, 1.165) is 93.3 Å². The Bertz CT molecular complexity index is 4630. The van der Waals surface area contributed by atoms with Crippen molar-refractivity contribution in [2.24, 2.45) is 0 Å². The highest BCUT2D eigenvalue weighted by Gasteiger charge is 2.36. The van der Waals surface area contributed by atoms with Crippen LogP contribution < -0.4 is 0 Å². The van der Waals surface area contributed by atoms with Crippen LogP contribution >= 0.6 is 0 Å². The molecular weight excluding hydrogens is 929 g/mol. The van der Waals surface area contributed by atoms with Crippen LogP contribution in [0.15, 0.2) is 212 Å². The SMILES string of the molecule is Fc1cccc(F)c1C1c2ccccc2-c2c1ccc1c2c2ccccc2n1-c1nc(-c2ccc(-c3ccccc3)cc2)nc(-n2c3ccccc3c3c4c5ccccc5n(-c5c(F)cccc5F)c4ccc32)n1. The summed E-state index contributed by atoms with van der Waals surface area (Å²) in [7, 11) is 0. The molecule has 0 radical (unpaired) electrons. The van der Waals surface area contributed by atoms with Crippen molar-refractivity contribution in [1.82, 2.24) is 28.7 Å². The Morgan fingerprint density at radius 3 is 1.41 bits per heavy atom. The minimum atomic E-state index is -0.676. The molecule has 0 fully saturated rings. The van der Waals surface area contributed by atoms with Gasteiger partial charge in [0, 0.05) is 49.4 Å². The Morgan fingerprint density at radius 2 is 0.784 bits per heavy atom. The van der Waals surface area contributed by atoms with Gasteiger partial charge in [0.05, 0.1) is 33.1 Å². The monoisotopic (exact) mass is 964 g/mol. The van der Waals surface area contributed by atoms with Gasteiger partial charge in [-0.2, -0.15) is 15.0 Å². The number of hydrogen-bond acceptors (Lipinski definition) is 3. The number of para-hydroxylation sites is 4. The molecule has 0 N–H and O–H groups in total. The average Bonchev–Trinajstić information content (AvgIpc) is 4.16. The maximum atomic E-state index is 15.9. The molecule has 0 bridgehead atoms. The minimum Gasteiger partial charge on any atom is -0.304 e. The molecule has 1 aliphatic rings. The first-order valence-electron chi connectivity index (χ1n) is 24.3. The zero-order valence-corrected chi connectivity index (χ0v) is 39.0. The van der Waals surface area contributed by atoms with Crippen LogP contribution in [-0.4, -0.2) is 28.7 Å². The summed E-state index contributed by atoms with van der Waals surface area (Å²) >= 11 is 0. The van der Waals surface area contributed by atoms with Crippen molar-refractivity contribution >= 4 is 65.4 Å². The normalized spacial score (nSPS) is 13.3. The van der Waals surface area contributed by atoms with Crippen LogP contribution in [0.2, 0.25) is 0 Å². The number of nitrogens with zero attached hydrogens (tertiary/aromatic N) is 6. The first-order valence-corrected chi connectivity index (χ1v) is 24.3. The largest absolute Gasteiger partial charge is 0.304 e. The van der Waals surface area contributed by atoms with E-state index in [2.05, 4.69) is 41.0 Å². The fraction of sp³-hybridized carbons (Fsp3) is 0.0156. The molecule has 1 aliphatic carbocycles. The lowest BCUT2D eigenvalue weighted by atomic mass is 9.88. The molecule has 10 heteroatoms. The highest BCUT2D eigenvalue weighted by Crippen LogP contribution is 2.53. The van der Waals surface area contributed by atoms with Gasteiger partial charge in [0.2, 0.25) is 11.9 Å². The molecule has 15 rings (SSSR count). The van der Waals surface area contributed by atoms with Crippen molar-refractivity contribution in [2.75, 3.05) is 0 Å². The molecule has 0 saturated heterocycles. The van der Waals surface area contributed by atoms with Gasteiger partial charge in [0.1, 0.15) is 29.0 Å². The molecule has 1 unspecified atom stereocenters. The summed E-state index contributed by atoms with van der Waals surface area (Å²) in [5.74, 6) is -2.09. The second kappa shape index (κ2) is 15.9. The summed E-state index contributed by atoms with van der Waals surface area (Å²) < 4.78 is 69.2. The lowest BCUT2D eigenvalue weighted by Gasteiger charge is -2.16. The molecule has 4 heterocycles. The van der Waals surface area contributed by atoms with Gasteiger partial charge in [-0.1, -0.05) is 152 Å². The number of aromatic nitrogens is 6. The number of rotatable bonds is 6. The van der Waals surface area contributed by atoms with Crippen LogP contribution in [0.4, 0.5) is 17.6 Å². The van der Waals surface area contributed by atoms with Crippen LogP contribution in [0, 0.1) is 23.3 Å². The van der Waals surface area contributed by atoms with E-state index < -0.39 is 29.2 Å². The zero-order chi connectivity index (χ0) is 49.3. The highest BCUT2D eigenvalue weighted by atomic mass is 19.1. The second-order valence-corrected chi connectivity index (χ2v) is 18.8. The molecule has 350 valence electrons. The first-order chi connectivity index (χ1) is 36.4. The quantitative estimate of drug-likeness (QED) is 0.156. The van der Waals surface area contributed by atoms with Gasteiger partial charge < -0.3 is 4.57 Å². The third-order valence-corrected chi connectivity index (χ3v) is 14.9. The van der Waals surface area contributed by atoms with E-state index in [1.807, 2.05) is 144 Å². The topological polar surface area (TPSA) is 53.5 Å². The van der Waals surface area contributed by atoms with Crippen molar-refractivity contribution in [3.05, 3.63) is 252 Å². The Hall–Kier alpha value is -9.67. The van der Waals surface area contributed by atoms with E-state index in [9.17, 15) is 0 Å². The van der Waals surface area contributed by atoms with Gasteiger partial charge in [-0.3, -0.25) is 9.13 Å². The van der Waals surface area contributed by atoms with Gasteiger partial charge in [-0.25, -0.2) is 17.6 Å². The summed E-state index contributed by atoms with van der Waals surface area (Å²) in [5, 5.41) is 5.24. The van der Waals surface area contributed by atoms with Gasteiger partial charge in [0.25, 0.3) is 0 Å². The van der Waals surface area contributed by atoms with Crippen molar-refractivity contribution in [3.63, 3.8) is 0 Å². The van der Waals surface area contributed by atoms with E-state index in [-0.39, 0.29) is 11.3 Å². The molecule has 0 amide bonds. The maximum Gasteiger partial charge on any atom is 0.240 e. The second-order valence-electron chi connectivity index (χ2n) is 18.8. The zero-order valence-electron chi connectivity index (χ0n) is 39.0. The number of hydrogen-bond donors (Lipinski definition) is 0. The van der Waals surface area contributed by atoms with Crippen molar-refractivity contribution in [3.8, 4) is 51.2 Å². The van der Waals surface area contributed by atoms with Crippen molar-refractivity contribution < 1.29 is 17.6 Å². The van der Waals surface area contributed by atoms with Crippen molar-refractivity contribution in [1.29, 1.82) is 0 Å². The Kier molecular flexibility index (Phi) is 9.04. The summed E-state index contributed by atoms with van der Waals surface area (Å²) in [6.07, 6.45) is 0. The molecule has 14 aromatic rings. The Balaban J connectivity index is 1.02. The summed E-state index contributed by atoms with van der Waals surface area (Å²) in [6, 6.07) is 65.9. The van der Waals surface area contributed by atoms with Gasteiger partial charge in [-0.05, 0) is 94.0 Å².